The molecule has 0 saturated heterocycles. The Morgan fingerprint density at radius 1 is 0.889 bits per heavy atom. The number of aromatic amines is 1. The van der Waals surface area contributed by atoms with E-state index < -0.39 is 0 Å². The molecule has 0 unspecified atom stereocenters. The molecule has 27 heavy (non-hydrogen) atoms. The van der Waals surface area contributed by atoms with Crippen LogP contribution in [0.3, 0.4) is 0 Å². The van der Waals surface area contributed by atoms with Gasteiger partial charge in [0.15, 0.2) is 0 Å². The number of H-pyrrole nitrogens is 1. The molecule has 0 amide bonds. The molecule has 0 saturated carbocycles. The molecule has 1 N–H and O–H groups in total. The van der Waals surface area contributed by atoms with E-state index in [2.05, 4.69) is 44.5 Å². The van der Waals surface area contributed by atoms with E-state index in [-0.39, 0.29) is 0 Å². The van der Waals surface area contributed by atoms with Crippen molar-refractivity contribution in [1.29, 1.82) is 0 Å². The van der Waals surface area contributed by atoms with E-state index >= 15 is 0 Å². The molecule has 0 aliphatic heterocycles. The minimum absolute atomic E-state index is 0.889. The Bertz CT molecular complexity index is 1490. The van der Waals surface area contributed by atoms with Crippen LogP contribution in [0.5, 0.6) is 0 Å². The van der Waals surface area contributed by atoms with Gasteiger partial charge in [-0.15, -0.1) is 0 Å². The number of rotatable bonds is 1. The quantitative estimate of drug-likeness (QED) is 0.482. The smallest absolute Gasteiger partial charge is 0.0966 e. The Morgan fingerprint density at radius 3 is 2.70 bits per heavy atom. The molecule has 0 atom stereocenters. The number of aromatic nitrogens is 6. The summed E-state index contributed by atoms with van der Waals surface area (Å²) in [5.41, 5.74) is 5.67. The summed E-state index contributed by atoms with van der Waals surface area (Å²) < 4.78 is 1.83. The molecule has 6 heteroatoms. The first kappa shape index (κ1) is 14.4. The maximum absolute atomic E-state index is 4.91. The van der Waals surface area contributed by atoms with Crippen LogP contribution in [-0.4, -0.2) is 29.9 Å². The van der Waals surface area contributed by atoms with Gasteiger partial charge in [0, 0.05) is 46.5 Å². The first-order valence-corrected chi connectivity index (χ1v) is 8.72. The van der Waals surface area contributed by atoms with E-state index in [0.29, 0.717) is 0 Å². The first-order valence-electron chi connectivity index (χ1n) is 8.72. The van der Waals surface area contributed by atoms with Crippen molar-refractivity contribution < 1.29 is 0 Å². The minimum atomic E-state index is 0.889. The van der Waals surface area contributed by atoms with Gasteiger partial charge in [-0.1, -0.05) is 18.2 Å². The van der Waals surface area contributed by atoms with Gasteiger partial charge in [0.2, 0.25) is 0 Å². The third-order valence-electron chi connectivity index (χ3n) is 5.04. The number of fused-ring (bicyclic) bond motifs is 6. The van der Waals surface area contributed by atoms with Gasteiger partial charge in [-0.25, -0.2) is 4.98 Å². The van der Waals surface area contributed by atoms with E-state index in [1.54, 1.807) is 0 Å². The normalized spacial score (nSPS) is 11.9. The fourth-order valence-corrected chi connectivity index (χ4v) is 3.71. The van der Waals surface area contributed by atoms with Crippen molar-refractivity contribution in [2.24, 2.45) is 7.05 Å². The topological polar surface area (TPSA) is 72.3 Å². The number of benzene rings is 2. The third kappa shape index (κ3) is 2.07. The van der Waals surface area contributed by atoms with Crippen molar-refractivity contribution in [2.45, 2.75) is 0 Å². The summed E-state index contributed by atoms with van der Waals surface area (Å²) in [5.74, 6) is 0. The van der Waals surface area contributed by atoms with Gasteiger partial charge < -0.3 is 0 Å². The molecular formula is C21H14N6. The van der Waals surface area contributed by atoms with Crippen LogP contribution < -0.4 is 0 Å². The second-order valence-electron chi connectivity index (χ2n) is 6.76. The summed E-state index contributed by atoms with van der Waals surface area (Å²) in [6.45, 7) is 0. The largest absolute Gasteiger partial charge is 0.276 e. The molecule has 0 radical (unpaired) electrons. The molecule has 0 aliphatic rings. The Morgan fingerprint density at radius 2 is 1.74 bits per heavy atom. The van der Waals surface area contributed by atoms with Crippen LogP contribution in [0.4, 0.5) is 0 Å². The van der Waals surface area contributed by atoms with Crippen LogP contribution in [0.1, 0.15) is 0 Å². The Labute approximate surface area is 153 Å². The molecule has 6 rings (SSSR count). The van der Waals surface area contributed by atoms with Crippen molar-refractivity contribution in [1.82, 2.24) is 29.9 Å². The molecule has 0 spiro atoms. The average Bonchev–Trinajstić information content (AvgIpc) is 3.33. The summed E-state index contributed by atoms with van der Waals surface area (Å²) in [6.07, 6.45) is 5.73. The van der Waals surface area contributed by atoms with Crippen molar-refractivity contribution in [3.8, 4) is 11.3 Å². The van der Waals surface area contributed by atoms with Gasteiger partial charge in [-0.05, 0) is 24.3 Å². The van der Waals surface area contributed by atoms with Crippen molar-refractivity contribution in [3.63, 3.8) is 0 Å². The molecule has 0 fully saturated rings. The van der Waals surface area contributed by atoms with Crippen LogP contribution in [0, 0.1) is 0 Å². The summed E-state index contributed by atoms with van der Waals surface area (Å²) in [5, 5.41) is 16.0. The van der Waals surface area contributed by atoms with E-state index in [9.17, 15) is 0 Å². The van der Waals surface area contributed by atoms with Gasteiger partial charge in [0.25, 0.3) is 0 Å². The standard InChI is InChI=1S/C21H14N6/c1-27-11-16-15-8-14(9-22-18(15)6-7-19(16)26-27)17-5-4-12-2-3-13-10-23-25-21(13)20(12)24-17/h2-11H,1H3,(H,23,25). The number of nitrogens with one attached hydrogen (secondary N) is 1. The van der Waals surface area contributed by atoms with Gasteiger partial charge in [-0.2, -0.15) is 10.2 Å². The van der Waals surface area contributed by atoms with E-state index in [4.69, 9.17) is 4.98 Å². The Balaban J connectivity index is 1.63. The zero-order valence-electron chi connectivity index (χ0n) is 14.5. The summed E-state index contributed by atoms with van der Waals surface area (Å²) in [4.78, 5) is 9.56. The molecule has 6 aromatic rings. The van der Waals surface area contributed by atoms with Crippen LogP contribution >= 0.6 is 0 Å². The maximum Gasteiger partial charge on any atom is 0.0966 e. The minimum Gasteiger partial charge on any atom is -0.276 e. The van der Waals surface area contributed by atoms with Crippen LogP contribution in [-0.2, 0) is 7.05 Å². The molecule has 128 valence electrons. The monoisotopic (exact) mass is 350 g/mol. The van der Waals surface area contributed by atoms with Crippen LogP contribution in [0.25, 0.3) is 54.9 Å². The Hall–Kier alpha value is -3.80. The predicted octanol–water partition coefficient (Wildman–Crippen LogP) is 4.21. The maximum atomic E-state index is 4.91. The number of pyridine rings is 2. The number of hydrogen-bond donors (Lipinski definition) is 1. The Kier molecular flexibility index (Phi) is 2.72. The summed E-state index contributed by atoms with van der Waals surface area (Å²) in [6, 6.07) is 14.4. The van der Waals surface area contributed by atoms with Crippen molar-refractivity contribution in [3.05, 3.63) is 61.1 Å². The highest BCUT2D eigenvalue weighted by molar-refractivity contribution is 6.06. The number of aryl methyl sites for hydroxylation is 1. The molecule has 2 aromatic carbocycles. The predicted molar refractivity (Wildman–Crippen MR) is 106 cm³/mol. The zero-order chi connectivity index (χ0) is 18.0. The van der Waals surface area contributed by atoms with Crippen molar-refractivity contribution in [2.75, 3.05) is 0 Å². The van der Waals surface area contributed by atoms with Crippen LogP contribution in [0.15, 0.2) is 61.1 Å². The average molecular weight is 350 g/mol. The second kappa shape index (κ2) is 5.11. The molecule has 4 aromatic heterocycles. The lowest BCUT2D eigenvalue weighted by Gasteiger charge is -2.06. The van der Waals surface area contributed by atoms with E-state index in [0.717, 1.165) is 54.9 Å². The number of nitrogens with zero attached hydrogens (tertiary/aromatic N) is 5. The van der Waals surface area contributed by atoms with E-state index in [1.165, 1.54) is 0 Å². The number of hydrogen-bond acceptors (Lipinski definition) is 4. The van der Waals surface area contributed by atoms with Crippen LogP contribution in [0.2, 0.25) is 0 Å². The second-order valence-corrected chi connectivity index (χ2v) is 6.76. The highest BCUT2D eigenvalue weighted by Gasteiger charge is 2.10. The van der Waals surface area contributed by atoms with Gasteiger partial charge >= 0.3 is 0 Å². The molecule has 0 aliphatic carbocycles. The lowest BCUT2D eigenvalue weighted by atomic mass is 10.1. The van der Waals surface area contributed by atoms with Gasteiger partial charge in [0.1, 0.15) is 0 Å². The first-order chi connectivity index (χ1) is 13.3. The summed E-state index contributed by atoms with van der Waals surface area (Å²) >= 11 is 0. The lowest BCUT2D eigenvalue weighted by Crippen LogP contribution is -1.89. The SMILES string of the molecule is Cn1cc2c(ccc3ncc(-c4ccc5ccc6cn[nH]c6c5n4)cc32)n1. The van der Waals surface area contributed by atoms with Gasteiger partial charge in [0.05, 0.1) is 34.0 Å². The molecule has 6 nitrogen and oxygen atoms in total. The van der Waals surface area contributed by atoms with E-state index in [1.807, 2.05) is 48.5 Å². The highest BCUT2D eigenvalue weighted by atomic mass is 15.2. The zero-order valence-corrected chi connectivity index (χ0v) is 14.5. The fourth-order valence-electron chi connectivity index (χ4n) is 3.71. The highest BCUT2D eigenvalue weighted by Crippen LogP contribution is 2.29. The summed E-state index contributed by atoms with van der Waals surface area (Å²) in [7, 11) is 1.93. The lowest BCUT2D eigenvalue weighted by molar-refractivity contribution is 0.780. The fraction of sp³-hybridized carbons (Fsp3) is 0.0476. The third-order valence-corrected chi connectivity index (χ3v) is 5.04. The van der Waals surface area contributed by atoms with Crippen molar-refractivity contribution >= 4 is 43.6 Å². The molecule has 0 bridgehead atoms. The van der Waals surface area contributed by atoms with Gasteiger partial charge in [-0.3, -0.25) is 14.8 Å². The molecular weight excluding hydrogens is 336 g/mol. The molecule has 4 heterocycles.